The van der Waals surface area contributed by atoms with Crippen LogP contribution in [0.4, 0.5) is 13.6 Å². The van der Waals surface area contributed by atoms with Gasteiger partial charge in [0.05, 0.1) is 0 Å². The zero-order valence-corrected chi connectivity index (χ0v) is 14.5. The minimum absolute atomic E-state index is 0.0517. The first-order valence-corrected chi connectivity index (χ1v) is 9.71. The number of halogens is 2. The summed E-state index contributed by atoms with van der Waals surface area (Å²) in [6.45, 7) is 1.87. The van der Waals surface area contributed by atoms with Crippen molar-refractivity contribution in [1.29, 1.82) is 0 Å². The van der Waals surface area contributed by atoms with Crippen LogP contribution in [0.25, 0.3) is 0 Å². The topological polar surface area (TPSA) is 44.4 Å². The Balaban J connectivity index is 1.33. The molecule has 4 nitrogen and oxygen atoms in total. The van der Waals surface area contributed by atoms with E-state index < -0.39 is 12.3 Å². The zero-order chi connectivity index (χ0) is 16.9. The number of urea groups is 1. The number of likely N-dealkylation sites (tertiary alicyclic amines) is 1. The van der Waals surface area contributed by atoms with Crippen molar-refractivity contribution < 1.29 is 13.6 Å². The molecular weight excluding hydrogens is 312 g/mol. The molecule has 0 radical (unpaired) electrons. The molecule has 1 unspecified atom stereocenters. The molecule has 6 heteroatoms. The molecule has 2 N–H and O–H groups in total. The molecule has 1 aliphatic heterocycles. The highest BCUT2D eigenvalue weighted by Crippen LogP contribution is 2.30. The van der Waals surface area contributed by atoms with Gasteiger partial charge in [0, 0.05) is 37.1 Å². The maximum Gasteiger partial charge on any atom is 0.315 e. The lowest BCUT2D eigenvalue weighted by Crippen LogP contribution is -2.58. The normalized spacial score (nSPS) is 32.4. The summed E-state index contributed by atoms with van der Waals surface area (Å²) >= 11 is 0. The van der Waals surface area contributed by atoms with Crippen molar-refractivity contribution in [2.45, 2.75) is 88.8 Å². The van der Waals surface area contributed by atoms with Gasteiger partial charge in [-0.05, 0) is 44.9 Å². The molecule has 1 heterocycles. The van der Waals surface area contributed by atoms with Crippen molar-refractivity contribution in [2.75, 3.05) is 13.1 Å². The van der Waals surface area contributed by atoms with Crippen LogP contribution in [0.15, 0.2) is 0 Å². The molecule has 2 aliphatic carbocycles. The highest BCUT2D eigenvalue weighted by atomic mass is 19.3. The van der Waals surface area contributed by atoms with Crippen LogP contribution in [-0.4, -0.2) is 48.6 Å². The van der Waals surface area contributed by atoms with Crippen LogP contribution in [0.5, 0.6) is 0 Å². The average Bonchev–Trinajstić information content (AvgIpc) is 2.55. The van der Waals surface area contributed by atoms with Crippen LogP contribution in [-0.2, 0) is 0 Å². The second-order valence-corrected chi connectivity index (χ2v) is 7.77. The second kappa shape index (κ2) is 8.45. The number of nitrogens with zero attached hydrogens (tertiary/aromatic N) is 1. The van der Waals surface area contributed by atoms with Gasteiger partial charge in [-0.2, -0.15) is 0 Å². The Morgan fingerprint density at radius 3 is 2.29 bits per heavy atom. The van der Waals surface area contributed by atoms with Crippen molar-refractivity contribution >= 4 is 6.03 Å². The number of alkyl halides is 2. The molecule has 2 saturated carbocycles. The fourth-order valence-electron chi connectivity index (χ4n) is 4.54. The van der Waals surface area contributed by atoms with Crippen molar-refractivity contribution in [3.8, 4) is 0 Å². The molecule has 3 fully saturated rings. The van der Waals surface area contributed by atoms with Crippen LogP contribution in [0.1, 0.15) is 64.2 Å². The monoisotopic (exact) mass is 343 g/mol. The highest BCUT2D eigenvalue weighted by molar-refractivity contribution is 5.74. The van der Waals surface area contributed by atoms with E-state index in [2.05, 4.69) is 15.5 Å². The zero-order valence-electron chi connectivity index (χ0n) is 14.5. The summed E-state index contributed by atoms with van der Waals surface area (Å²) in [4.78, 5) is 14.6. The summed E-state index contributed by atoms with van der Waals surface area (Å²) in [7, 11) is 0. The Labute approximate surface area is 143 Å². The fourth-order valence-corrected chi connectivity index (χ4v) is 4.54. The predicted molar refractivity (Wildman–Crippen MR) is 90.3 cm³/mol. The predicted octanol–water partition coefficient (Wildman–Crippen LogP) is 3.52. The van der Waals surface area contributed by atoms with E-state index in [-0.39, 0.29) is 12.1 Å². The average molecular weight is 343 g/mol. The molecule has 138 valence electrons. The summed E-state index contributed by atoms with van der Waals surface area (Å²) in [5.74, 6) is -0.481. The first-order chi connectivity index (χ1) is 11.6. The third-order valence-electron chi connectivity index (χ3n) is 6.19. The standard InChI is InChI=1S/C18H31F2N3O/c19-17(20)13-6-8-14(9-7-13)22-18(24)21-12-16-10-11-23(16)15-4-2-1-3-5-15/h13-17H,1-12H2,(H2,21,22,24). The van der Waals surface area contributed by atoms with Gasteiger partial charge in [0.15, 0.2) is 0 Å². The summed E-state index contributed by atoms with van der Waals surface area (Å²) in [5.41, 5.74) is 0. The molecule has 24 heavy (non-hydrogen) atoms. The smallest absolute Gasteiger partial charge is 0.315 e. The van der Waals surface area contributed by atoms with Gasteiger partial charge >= 0.3 is 6.03 Å². The Kier molecular flexibility index (Phi) is 6.31. The third kappa shape index (κ3) is 4.58. The van der Waals surface area contributed by atoms with Crippen molar-refractivity contribution in [3.05, 3.63) is 0 Å². The number of carbonyl (C=O) groups excluding carboxylic acids is 1. The van der Waals surface area contributed by atoms with Crippen LogP contribution in [0.2, 0.25) is 0 Å². The van der Waals surface area contributed by atoms with Crippen LogP contribution in [0, 0.1) is 5.92 Å². The van der Waals surface area contributed by atoms with Crippen LogP contribution >= 0.6 is 0 Å². The van der Waals surface area contributed by atoms with E-state index >= 15 is 0 Å². The van der Waals surface area contributed by atoms with Gasteiger partial charge in [-0.1, -0.05) is 19.3 Å². The molecule has 0 aromatic carbocycles. The molecule has 3 rings (SSSR count). The number of hydrogen-bond acceptors (Lipinski definition) is 2. The van der Waals surface area contributed by atoms with Gasteiger partial charge < -0.3 is 10.6 Å². The fraction of sp³-hybridized carbons (Fsp3) is 0.944. The third-order valence-corrected chi connectivity index (χ3v) is 6.19. The van der Waals surface area contributed by atoms with Crippen molar-refractivity contribution in [3.63, 3.8) is 0 Å². The molecular formula is C18H31F2N3O. The molecule has 3 aliphatic rings. The van der Waals surface area contributed by atoms with E-state index in [1.807, 2.05) is 0 Å². The Morgan fingerprint density at radius 1 is 1.00 bits per heavy atom. The van der Waals surface area contributed by atoms with Crippen molar-refractivity contribution in [1.82, 2.24) is 15.5 Å². The van der Waals surface area contributed by atoms with Crippen LogP contribution < -0.4 is 10.6 Å². The van der Waals surface area contributed by atoms with E-state index in [1.54, 1.807) is 0 Å². The minimum Gasteiger partial charge on any atom is -0.337 e. The number of carbonyl (C=O) groups is 1. The second-order valence-electron chi connectivity index (χ2n) is 7.77. The number of nitrogens with one attached hydrogen (secondary N) is 2. The van der Waals surface area contributed by atoms with Gasteiger partial charge in [-0.3, -0.25) is 4.90 Å². The van der Waals surface area contributed by atoms with Crippen LogP contribution in [0.3, 0.4) is 0 Å². The number of rotatable bonds is 5. The Morgan fingerprint density at radius 2 is 1.71 bits per heavy atom. The molecule has 1 atom stereocenters. The maximum atomic E-state index is 12.7. The lowest BCUT2D eigenvalue weighted by Gasteiger charge is -2.47. The first kappa shape index (κ1) is 17.9. The van der Waals surface area contributed by atoms with E-state index in [0.29, 0.717) is 44.3 Å². The lowest BCUT2D eigenvalue weighted by molar-refractivity contribution is 0.0254. The minimum atomic E-state index is -2.22. The van der Waals surface area contributed by atoms with Gasteiger partial charge in [0.1, 0.15) is 0 Å². The Bertz CT molecular complexity index is 407. The maximum absolute atomic E-state index is 12.7. The number of hydrogen-bond donors (Lipinski definition) is 2. The lowest BCUT2D eigenvalue weighted by atomic mass is 9.86. The summed E-state index contributed by atoms with van der Waals surface area (Å²) < 4.78 is 25.3. The molecule has 0 aromatic rings. The van der Waals surface area contributed by atoms with Gasteiger partial charge in [-0.25, -0.2) is 13.6 Å². The largest absolute Gasteiger partial charge is 0.337 e. The van der Waals surface area contributed by atoms with Gasteiger partial charge in [-0.15, -0.1) is 0 Å². The summed E-state index contributed by atoms with van der Waals surface area (Å²) in [5, 5.41) is 5.96. The van der Waals surface area contributed by atoms with E-state index in [0.717, 1.165) is 13.0 Å². The summed E-state index contributed by atoms with van der Waals surface area (Å²) in [6.07, 6.45) is 7.95. The summed E-state index contributed by atoms with van der Waals surface area (Å²) in [6, 6.07) is 1.11. The molecule has 0 aromatic heterocycles. The molecule has 0 spiro atoms. The van der Waals surface area contributed by atoms with Gasteiger partial charge in [0.2, 0.25) is 6.43 Å². The van der Waals surface area contributed by atoms with E-state index in [4.69, 9.17) is 0 Å². The SMILES string of the molecule is O=C(NCC1CCN1C1CCCCC1)NC1CCC(C(F)F)CC1. The first-order valence-electron chi connectivity index (χ1n) is 9.71. The van der Waals surface area contributed by atoms with E-state index in [9.17, 15) is 13.6 Å². The quantitative estimate of drug-likeness (QED) is 0.802. The number of amides is 2. The highest BCUT2D eigenvalue weighted by Gasteiger charge is 2.34. The van der Waals surface area contributed by atoms with Gasteiger partial charge in [0.25, 0.3) is 0 Å². The van der Waals surface area contributed by atoms with Crippen molar-refractivity contribution in [2.24, 2.45) is 5.92 Å². The molecule has 2 amide bonds. The van der Waals surface area contributed by atoms with E-state index in [1.165, 1.54) is 32.1 Å². The molecule has 1 saturated heterocycles. The molecule has 0 bridgehead atoms. The Hall–Kier alpha value is -0.910.